The van der Waals surface area contributed by atoms with Crippen LogP contribution in [-0.2, 0) is 11.2 Å². The molecular weight excluding hydrogens is 334 g/mol. The van der Waals surface area contributed by atoms with Gasteiger partial charge in [0.25, 0.3) is 0 Å². The summed E-state index contributed by atoms with van der Waals surface area (Å²) in [5, 5.41) is 4.18. The first-order valence-corrected chi connectivity index (χ1v) is 8.30. The zero-order valence-corrected chi connectivity index (χ0v) is 15.1. The van der Waals surface area contributed by atoms with E-state index in [9.17, 15) is 4.79 Å². The molecule has 1 heterocycles. The number of nitrogens with two attached hydrogens (primary N) is 1. The van der Waals surface area contributed by atoms with Gasteiger partial charge in [-0.1, -0.05) is 48.0 Å². The Morgan fingerprint density at radius 1 is 1.16 bits per heavy atom. The zero-order chi connectivity index (χ0) is 16.9. The molecule has 3 rings (SSSR count). The second-order valence-electron chi connectivity index (χ2n) is 6.14. The number of para-hydroxylation sites is 1. The van der Waals surface area contributed by atoms with Crippen LogP contribution in [0.15, 0.2) is 54.7 Å². The van der Waals surface area contributed by atoms with Gasteiger partial charge in [-0.3, -0.25) is 4.79 Å². The first-order chi connectivity index (χ1) is 11.6. The molecule has 5 heteroatoms. The normalized spacial score (nSPS) is 11.8. The largest absolute Gasteiger partial charge is 0.361 e. The van der Waals surface area contributed by atoms with Gasteiger partial charge in [-0.15, -0.1) is 12.4 Å². The van der Waals surface area contributed by atoms with Crippen LogP contribution in [-0.4, -0.2) is 17.4 Å². The summed E-state index contributed by atoms with van der Waals surface area (Å²) in [4.78, 5) is 15.4. The van der Waals surface area contributed by atoms with E-state index in [0.717, 1.165) is 29.5 Å². The number of carbonyl (C=O) groups is 1. The van der Waals surface area contributed by atoms with E-state index < -0.39 is 6.04 Å². The number of benzene rings is 2. The van der Waals surface area contributed by atoms with Gasteiger partial charge in [-0.25, -0.2) is 0 Å². The molecule has 0 aliphatic rings. The fraction of sp³-hybridized carbons (Fsp3) is 0.250. The molecule has 0 fully saturated rings. The molecule has 0 saturated carbocycles. The van der Waals surface area contributed by atoms with Crippen LogP contribution in [0.4, 0.5) is 0 Å². The number of fused-ring (bicyclic) bond motifs is 1. The number of halogens is 1. The quantitative estimate of drug-likeness (QED) is 0.589. The molecule has 1 atom stereocenters. The van der Waals surface area contributed by atoms with Crippen molar-refractivity contribution in [1.82, 2.24) is 10.3 Å². The van der Waals surface area contributed by atoms with Crippen molar-refractivity contribution in [3.05, 3.63) is 71.4 Å². The van der Waals surface area contributed by atoms with Crippen molar-refractivity contribution in [3.63, 3.8) is 0 Å². The summed E-state index contributed by atoms with van der Waals surface area (Å²) >= 11 is 0. The van der Waals surface area contributed by atoms with Crippen LogP contribution in [0.5, 0.6) is 0 Å². The minimum Gasteiger partial charge on any atom is -0.361 e. The molecule has 0 radical (unpaired) electrons. The van der Waals surface area contributed by atoms with Crippen molar-refractivity contribution in [2.45, 2.75) is 25.8 Å². The highest BCUT2D eigenvalue weighted by Gasteiger charge is 2.14. The Balaban J connectivity index is 0.00000225. The maximum atomic E-state index is 12.2. The highest BCUT2D eigenvalue weighted by atomic mass is 35.5. The summed E-state index contributed by atoms with van der Waals surface area (Å²) in [6.45, 7) is 2.64. The van der Waals surface area contributed by atoms with E-state index in [1.54, 1.807) is 0 Å². The molecular formula is C20H24ClN3O. The van der Waals surface area contributed by atoms with Gasteiger partial charge in [0.1, 0.15) is 6.04 Å². The number of hydrogen-bond acceptors (Lipinski definition) is 2. The monoisotopic (exact) mass is 357 g/mol. The number of carbonyl (C=O) groups excluding carboxylic acids is 1. The standard InChI is InChI=1S/C20H23N3O.ClH/c1-14-8-10-15(11-9-14)19(21)20(24)22-12-4-5-16-13-23-18-7-3-2-6-17(16)18;/h2-3,6-11,13,19,23H,4-5,12,21H2,1H3,(H,22,24);1H. The third-order valence-electron chi connectivity index (χ3n) is 4.32. The van der Waals surface area contributed by atoms with E-state index in [0.29, 0.717) is 6.54 Å². The van der Waals surface area contributed by atoms with E-state index in [-0.39, 0.29) is 18.3 Å². The minimum absolute atomic E-state index is 0. The number of aryl methyl sites for hydroxylation is 2. The SMILES string of the molecule is Cc1ccc(C(N)C(=O)NCCCc2c[nH]c3ccccc23)cc1.Cl. The lowest BCUT2D eigenvalue weighted by Gasteiger charge is -2.12. The number of aromatic amines is 1. The Hall–Kier alpha value is -2.30. The van der Waals surface area contributed by atoms with Crippen LogP contribution in [0.1, 0.15) is 29.2 Å². The number of aromatic nitrogens is 1. The van der Waals surface area contributed by atoms with Crippen LogP contribution in [0.3, 0.4) is 0 Å². The Morgan fingerprint density at radius 2 is 1.88 bits per heavy atom. The fourth-order valence-corrected chi connectivity index (χ4v) is 2.86. The number of nitrogens with one attached hydrogen (secondary N) is 2. The van der Waals surface area contributed by atoms with Gasteiger partial charge < -0.3 is 16.0 Å². The molecule has 0 aliphatic carbocycles. The minimum atomic E-state index is -0.612. The maximum absolute atomic E-state index is 12.2. The fourth-order valence-electron chi connectivity index (χ4n) is 2.86. The lowest BCUT2D eigenvalue weighted by Crippen LogP contribution is -2.34. The Kier molecular flexibility index (Phi) is 6.62. The molecule has 0 bridgehead atoms. The van der Waals surface area contributed by atoms with Crippen molar-refractivity contribution in [2.75, 3.05) is 6.54 Å². The molecule has 4 nitrogen and oxygen atoms in total. The van der Waals surface area contributed by atoms with Gasteiger partial charge in [0.15, 0.2) is 0 Å². The lowest BCUT2D eigenvalue weighted by atomic mass is 10.1. The zero-order valence-electron chi connectivity index (χ0n) is 14.3. The smallest absolute Gasteiger partial charge is 0.241 e. The van der Waals surface area contributed by atoms with Crippen molar-refractivity contribution in [1.29, 1.82) is 0 Å². The van der Waals surface area contributed by atoms with Gasteiger partial charge in [-0.2, -0.15) is 0 Å². The van der Waals surface area contributed by atoms with Crippen molar-refractivity contribution >= 4 is 29.2 Å². The van der Waals surface area contributed by atoms with Crippen LogP contribution >= 0.6 is 12.4 Å². The molecule has 3 aromatic rings. The molecule has 1 amide bonds. The molecule has 2 aromatic carbocycles. The molecule has 25 heavy (non-hydrogen) atoms. The van der Waals surface area contributed by atoms with Gasteiger partial charge in [0, 0.05) is 23.6 Å². The van der Waals surface area contributed by atoms with E-state index in [2.05, 4.69) is 22.4 Å². The molecule has 1 aromatic heterocycles. The second-order valence-corrected chi connectivity index (χ2v) is 6.14. The summed E-state index contributed by atoms with van der Waals surface area (Å²) in [5.74, 6) is -0.127. The highest BCUT2D eigenvalue weighted by molar-refractivity contribution is 5.85. The van der Waals surface area contributed by atoms with Crippen molar-refractivity contribution < 1.29 is 4.79 Å². The first-order valence-electron chi connectivity index (χ1n) is 8.30. The van der Waals surface area contributed by atoms with E-state index in [1.807, 2.05) is 49.5 Å². The Morgan fingerprint density at radius 3 is 2.64 bits per heavy atom. The van der Waals surface area contributed by atoms with Gasteiger partial charge >= 0.3 is 0 Å². The maximum Gasteiger partial charge on any atom is 0.241 e. The summed E-state index contributed by atoms with van der Waals surface area (Å²) in [5.41, 5.74) is 10.5. The summed E-state index contributed by atoms with van der Waals surface area (Å²) < 4.78 is 0. The molecule has 4 N–H and O–H groups in total. The summed E-state index contributed by atoms with van der Waals surface area (Å²) in [6, 6.07) is 15.4. The van der Waals surface area contributed by atoms with Crippen LogP contribution < -0.4 is 11.1 Å². The van der Waals surface area contributed by atoms with Crippen molar-refractivity contribution in [3.8, 4) is 0 Å². The number of H-pyrrole nitrogens is 1. The predicted molar refractivity (Wildman–Crippen MR) is 105 cm³/mol. The highest BCUT2D eigenvalue weighted by Crippen LogP contribution is 2.18. The number of hydrogen-bond donors (Lipinski definition) is 3. The van der Waals surface area contributed by atoms with Gasteiger partial charge in [0.05, 0.1) is 0 Å². The average molecular weight is 358 g/mol. The van der Waals surface area contributed by atoms with Crippen LogP contribution in [0.25, 0.3) is 10.9 Å². The Bertz CT molecular complexity index is 826. The van der Waals surface area contributed by atoms with E-state index in [1.165, 1.54) is 10.9 Å². The first kappa shape index (κ1) is 19.0. The van der Waals surface area contributed by atoms with E-state index in [4.69, 9.17) is 5.73 Å². The van der Waals surface area contributed by atoms with Crippen LogP contribution in [0, 0.1) is 6.92 Å². The lowest BCUT2D eigenvalue weighted by molar-refractivity contribution is -0.122. The molecule has 0 spiro atoms. The topological polar surface area (TPSA) is 70.9 Å². The third-order valence-corrected chi connectivity index (χ3v) is 4.32. The molecule has 0 aliphatic heterocycles. The van der Waals surface area contributed by atoms with Gasteiger partial charge in [0.2, 0.25) is 5.91 Å². The van der Waals surface area contributed by atoms with E-state index >= 15 is 0 Å². The molecule has 0 saturated heterocycles. The predicted octanol–water partition coefficient (Wildman–Crippen LogP) is 3.65. The third kappa shape index (κ3) is 4.62. The van der Waals surface area contributed by atoms with Crippen molar-refractivity contribution in [2.24, 2.45) is 5.73 Å². The second kappa shape index (κ2) is 8.70. The molecule has 132 valence electrons. The number of amides is 1. The Labute approximate surface area is 154 Å². The van der Waals surface area contributed by atoms with Crippen LogP contribution in [0.2, 0.25) is 0 Å². The average Bonchev–Trinajstić information content (AvgIpc) is 3.02. The molecule has 1 unspecified atom stereocenters. The van der Waals surface area contributed by atoms with Gasteiger partial charge in [-0.05, 0) is 37.0 Å². The summed E-state index contributed by atoms with van der Waals surface area (Å²) in [7, 11) is 0. The summed E-state index contributed by atoms with van der Waals surface area (Å²) in [6.07, 6.45) is 3.85. The number of rotatable bonds is 6.